The van der Waals surface area contributed by atoms with Crippen LogP contribution in [0.1, 0.15) is 11.3 Å². The first-order chi connectivity index (χ1) is 10.3. The predicted molar refractivity (Wildman–Crippen MR) is 79.0 cm³/mol. The van der Waals surface area contributed by atoms with Crippen LogP contribution in [-0.4, -0.2) is 0 Å². The van der Waals surface area contributed by atoms with E-state index >= 15 is 0 Å². The molecule has 3 heteroatoms. The zero-order valence-corrected chi connectivity index (χ0v) is 11.5. The van der Waals surface area contributed by atoms with Gasteiger partial charge in [-0.15, -0.1) is 0 Å². The van der Waals surface area contributed by atoms with Gasteiger partial charge < -0.3 is 9.15 Å². The Morgan fingerprint density at radius 1 is 0.857 bits per heavy atom. The maximum absolute atomic E-state index is 13.9. The second-order valence-corrected chi connectivity index (χ2v) is 4.73. The number of hydrogen-bond acceptors (Lipinski definition) is 2. The smallest absolute Gasteiger partial charge is 0.170 e. The van der Waals surface area contributed by atoms with Crippen LogP contribution in [-0.2, 0) is 18.0 Å². The fraction of sp³-hybridized carbons (Fsp3) is 0.111. The molecule has 21 heavy (non-hydrogen) atoms. The number of ether oxygens (including phenoxy) is 1. The topological polar surface area (TPSA) is 22.4 Å². The lowest BCUT2D eigenvalue weighted by atomic mass is 10.2. The summed E-state index contributed by atoms with van der Waals surface area (Å²) in [5.74, 6) is 0.385. The van der Waals surface area contributed by atoms with Gasteiger partial charge in [-0.25, -0.2) is 4.39 Å². The molecule has 2 aromatic carbocycles. The first-order valence-electron chi connectivity index (χ1n) is 6.78. The molecule has 0 saturated heterocycles. The van der Waals surface area contributed by atoms with Gasteiger partial charge in [0.1, 0.15) is 12.4 Å². The van der Waals surface area contributed by atoms with Crippen LogP contribution in [0.25, 0.3) is 11.3 Å². The average molecular weight is 282 g/mol. The van der Waals surface area contributed by atoms with Crippen LogP contribution in [0.3, 0.4) is 0 Å². The lowest BCUT2D eigenvalue weighted by Crippen LogP contribution is -1.92. The molecule has 3 aromatic rings. The zero-order valence-electron chi connectivity index (χ0n) is 11.5. The molecule has 0 bridgehead atoms. The minimum atomic E-state index is -0.362. The fourth-order valence-corrected chi connectivity index (χ4v) is 2.12. The third kappa shape index (κ3) is 3.38. The fourth-order valence-electron chi connectivity index (χ4n) is 2.12. The van der Waals surface area contributed by atoms with Crippen molar-refractivity contribution < 1.29 is 13.5 Å². The summed E-state index contributed by atoms with van der Waals surface area (Å²) < 4.78 is 25.0. The first kappa shape index (κ1) is 13.6. The Kier molecular flexibility index (Phi) is 4.12. The van der Waals surface area contributed by atoms with Crippen LogP contribution < -0.4 is 0 Å². The molecule has 3 rings (SSSR count). The van der Waals surface area contributed by atoms with Gasteiger partial charge in [-0.1, -0.05) is 60.7 Å². The van der Waals surface area contributed by atoms with E-state index in [4.69, 9.17) is 9.15 Å². The van der Waals surface area contributed by atoms with Crippen molar-refractivity contribution in [3.63, 3.8) is 0 Å². The van der Waals surface area contributed by atoms with Crippen LogP contribution in [0.4, 0.5) is 4.39 Å². The van der Waals surface area contributed by atoms with Crippen LogP contribution in [0, 0.1) is 5.82 Å². The van der Waals surface area contributed by atoms with Crippen LogP contribution in [0.5, 0.6) is 0 Å². The highest BCUT2D eigenvalue weighted by atomic mass is 19.1. The molecule has 1 aromatic heterocycles. The van der Waals surface area contributed by atoms with E-state index in [1.165, 1.54) is 6.07 Å². The molecule has 0 unspecified atom stereocenters. The summed E-state index contributed by atoms with van der Waals surface area (Å²) in [6, 6.07) is 20.4. The lowest BCUT2D eigenvalue weighted by molar-refractivity contribution is 0.0934. The number of furan rings is 1. The molecule has 0 N–H and O–H groups in total. The zero-order chi connectivity index (χ0) is 14.5. The lowest BCUT2D eigenvalue weighted by Gasteiger charge is -2.02. The van der Waals surface area contributed by atoms with Crippen molar-refractivity contribution in [3.8, 4) is 11.3 Å². The molecule has 0 aliphatic carbocycles. The molecule has 1 heterocycles. The molecule has 0 spiro atoms. The number of rotatable bonds is 5. The van der Waals surface area contributed by atoms with Gasteiger partial charge in [0.15, 0.2) is 11.6 Å². The van der Waals surface area contributed by atoms with Crippen molar-refractivity contribution in [2.24, 2.45) is 0 Å². The van der Waals surface area contributed by atoms with E-state index in [0.29, 0.717) is 12.4 Å². The van der Waals surface area contributed by atoms with Crippen LogP contribution >= 0.6 is 0 Å². The summed E-state index contributed by atoms with van der Waals surface area (Å²) in [7, 11) is 0. The van der Waals surface area contributed by atoms with Gasteiger partial charge >= 0.3 is 0 Å². The molecule has 0 saturated carbocycles. The maximum Gasteiger partial charge on any atom is 0.170 e. The van der Waals surface area contributed by atoms with Crippen molar-refractivity contribution >= 4 is 0 Å². The van der Waals surface area contributed by atoms with Gasteiger partial charge in [0.2, 0.25) is 0 Å². The highest BCUT2D eigenvalue weighted by molar-refractivity contribution is 5.58. The quantitative estimate of drug-likeness (QED) is 0.670. The summed E-state index contributed by atoms with van der Waals surface area (Å²) in [6.07, 6.45) is 0. The van der Waals surface area contributed by atoms with E-state index in [9.17, 15) is 4.39 Å². The number of benzene rings is 2. The molecule has 0 amide bonds. The summed E-state index contributed by atoms with van der Waals surface area (Å²) in [5.41, 5.74) is 1.80. The van der Waals surface area contributed by atoms with Gasteiger partial charge in [0.25, 0.3) is 0 Å². The Bertz CT molecular complexity index is 690. The van der Waals surface area contributed by atoms with Crippen molar-refractivity contribution in [3.05, 3.63) is 83.9 Å². The van der Waals surface area contributed by atoms with Crippen LogP contribution in [0.15, 0.2) is 71.1 Å². The maximum atomic E-state index is 13.9. The normalized spacial score (nSPS) is 10.7. The SMILES string of the molecule is Fc1cc(COCc2ccccc2)oc1-c1ccccc1. The minimum absolute atomic E-state index is 0.249. The van der Waals surface area contributed by atoms with Gasteiger partial charge in [-0.2, -0.15) is 0 Å². The first-order valence-corrected chi connectivity index (χ1v) is 6.78. The number of hydrogen-bond donors (Lipinski definition) is 0. The van der Waals surface area contributed by atoms with E-state index in [1.807, 2.05) is 60.7 Å². The van der Waals surface area contributed by atoms with E-state index < -0.39 is 0 Å². The summed E-state index contributed by atoms with van der Waals surface area (Å²) in [5, 5.41) is 0. The molecule has 106 valence electrons. The Balaban J connectivity index is 1.65. The minimum Gasteiger partial charge on any atom is -0.455 e. The Morgan fingerprint density at radius 2 is 1.52 bits per heavy atom. The molecule has 0 radical (unpaired) electrons. The number of halogens is 1. The molecule has 0 aliphatic rings. The molecule has 2 nitrogen and oxygen atoms in total. The molecular weight excluding hydrogens is 267 g/mol. The van der Waals surface area contributed by atoms with Gasteiger partial charge in [-0.05, 0) is 5.56 Å². The second kappa shape index (κ2) is 6.37. The average Bonchev–Trinajstić information content (AvgIpc) is 2.90. The summed E-state index contributed by atoms with van der Waals surface area (Å²) in [4.78, 5) is 0. The molecule has 0 atom stereocenters. The van der Waals surface area contributed by atoms with Gasteiger partial charge in [0, 0.05) is 11.6 Å². The Hall–Kier alpha value is -2.39. The largest absolute Gasteiger partial charge is 0.455 e. The van der Waals surface area contributed by atoms with E-state index in [-0.39, 0.29) is 18.2 Å². The summed E-state index contributed by atoms with van der Waals surface area (Å²) >= 11 is 0. The van der Waals surface area contributed by atoms with Crippen molar-refractivity contribution in [2.75, 3.05) is 0 Å². The van der Waals surface area contributed by atoms with Gasteiger partial charge in [-0.3, -0.25) is 0 Å². The predicted octanol–water partition coefficient (Wildman–Crippen LogP) is 4.80. The van der Waals surface area contributed by atoms with Crippen LogP contribution in [0.2, 0.25) is 0 Å². The highest BCUT2D eigenvalue weighted by Crippen LogP contribution is 2.26. The Morgan fingerprint density at radius 3 is 2.24 bits per heavy atom. The standard InChI is InChI=1S/C18H15FO2/c19-17-11-16(13-20-12-14-7-3-1-4-8-14)21-18(17)15-9-5-2-6-10-15/h1-11H,12-13H2. The molecular formula is C18H15FO2. The van der Waals surface area contributed by atoms with E-state index in [1.54, 1.807) is 0 Å². The molecule has 0 aliphatic heterocycles. The van der Waals surface area contributed by atoms with Crippen molar-refractivity contribution in [2.45, 2.75) is 13.2 Å². The van der Waals surface area contributed by atoms with Crippen molar-refractivity contribution in [1.82, 2.24) is 0 Å². The van der Waals surface area contributed by atoms with E-state index in [0.717, 1.165) is 11.1 Å². The highest BCUT2D eigenvalue weighted by Gasteiger charge is 2.12. The van der Waals surface area contributed by atoms with Gasteiger partial charge in [0.05, 0.1) is 6.61 Å². The second-order valence-electron chi connectivity index (χ2n) is 4.73. The summed E-state index contributed by atoms with van der Waals surface area (Å²) in [6.45, 7) is 0.725. The van der Waals surface area contributed by atoms with Crippen molar-refractivity contribution in [1.29, 1.82) is 0 Å². The monoisotopic (exact) mass is 282 g/mol. The Labute approximate surface area is 122 Å². The third-order valence-corrected chi connectivity index (χ3v) is 3.13. The molecule has 0 fully saturated rings. The third-order valence-electron chi connectivity index (χ3n) is 3.13. The van der Waals surface area contributed by atoms with E-state index in [2.05, 4.69) is 0 Å².